The van der Waals surface area contributed by atoms with E-state index in [0.29, 0.717) is 27.0 Å². The molecule has 0 spiro atoms. The number of fused-ring (bicyclic) bond motifs is 1. The maximum Gasteiger partial charge on any atom is 0.206 e. The minimum absolute atomic E-state index is 0.134. The van der Waals surface area contributed by atoms with Crippen molar-refractivity contribution in [3.63, 3.8) is 0 Å². The zero-order chi connectivity index (χ0) is 17.6. The summed E-state index contributed by atoms with van der Waals surface area (Å²) >= 11 is 12.3. The average Bonchev–Trinajstić information content (AvgIpc) is 2.82. The number of aromatic nitrogens is 2. The predicted molar refractivity (Wildman–Crippen MR) is 94.7 cm³/mol. The van der Waals surface area contributed by atoms with Crippen molar-refractivity contribution >= 4 is 40.2 Å². The summed E-state index contributed by atoms with van der Waals surface area (Å²) in [6, 6.07) is 3.54. The van der Waals surface area contributed by atoms with Crippen molar-refractivity contribution < 1.29 is 14.9 Å². The molecule has 1 aromatic heterocycles. The molecule has 1 fully saturated rings. The molecule has 0 aliphatic carbocycles. The van der Waals surface area contributed by atoms with Gasteiger partial charge in [0.1, 0.15) is 6.10 Å². The SMILES string of the molecule is CC(C)Nc1nc2cc(Cl)c(Cl)cc2n1[C@@H]1OC[C@@H](O)[C@@H](C)[C@@H]1O. The lowest BCUT2D eigenvalue weighted by atomic mass is 9.94. The Bertz CT molecular complexity index is 750. The average molecular weight is 374 g/mol. The summed E-state index contributed by atoms with van der Waals surface area (Å²) in [4.78, 5) is 4.56. The van der Waals surface area contributed by atoms with Gasteiger partial charge in [-0.05, 0) is 26.0 Å². The molecule has 0 bridgehead atoms. The third-order valence-corrected chi connectivity index (χ3v) is 5.00. The molecule has 1 aliphatic heterocycles. The molecule has 24 heavy (non-hydrogen) atoms. The molecule has 0 unspecified atom stereocenters. The third-order valence-electron chi connectivity index (χ3n) is 4.28. The second-order valence-electron chi connectivity index (χ2n) is 6.50. The largest absolute Gasteiger partial charge is 0.390 e. The number of anilines is 1. The first-order valence-electron chi connectivity index (χ1n) is 7.91. The summed E-state index contributed by atoms with van der Waals surface area (Å²) in [5.41, 5.74) is 1.36. The number of hydrogen-bond donors (Lipinski definition) is 3. The Labute approximate surface area is 150 Å². The van der Waals surface area contributed by atoms with E-state index in [0.717, 1.165) is 0 Å². The number of nitrogens with one attached hydrogen (secondary N) is 1. The monoisotopic (exact) mass is 373 g/mol. The maximum absolute atomic E-state index is 10.6. The van der Waals surface area contributed by atoms with Gasteiger partial charge in [0.2, 0.25) is 5.95 Å². The zero-order valence-electron chi connectivity index (χ0n) is 13.7. The molecule has 1 aliphatic rings. The van der Waals surface area contributed by atoms with Crippen LogP contribution < -0.4 is 5.32 Å². The third kappa shape index (κ3) is 3.09. The Balaban J connectivity index is 2.15. The molecule has 0 saturated carbocycles. The highest BCUT2D eigenvalue weighted by atomic mass is 35.5. The number of nitrogens with zero attached hydrogens (tertiary/aromatic N) is 2. The summed E-state index contributed by atoms with van der Waals surface area (Å²) in [5.74, 6) is 0.238. The van der Waals surface area contributed by atoms with Gasteiger partial charge < -0.3 is 20.3 Å². The van der Waals surface area contributed by atoms with Gasteiger partial charge in [0.15, 0.2) is 6.23 Å². The highest BCUT2D eigenvalue weighted by Crippen LogP contribution is 2.36. The summed E-state index contributed by atoms with van der Waals surface area (Å²) < 4.78 is 7.51. The van der Waals surface area contributed by atoms with E-state index in [1.807, 2.05) is 13.8 Å². The van der Waals surface area contributed by atoms with Crippen LogP contribution in [0.3, 0.4) is 0 Å². The first-order chi connectivity index (χ1) is 11.3. The number of hydrogen-bond acceptors (Lipinski definition) is 5. The van der Waals surface area contributed by atoms with Crippen LogP contribution in [-0.2, 0) is 4.74 Å². The number of ether oxygens (including phenoxy) is 1. The summed E-state index contributed by atoms with van der Waals surface area (Å²) in [7, 11) is 0. The van der Waals surface area contributed by atoms with Crippen LogP contribution in [-0.4, -0.2) is 44.6 Å². The van der Waals surface area contributed by atoms with Gasteiger partial charge in [-0.3, -0.25) is 4.57 Å². The number of benzene rings is 1. The van der Waals surface area contributed by atoms with Crippen molar-refractivity contribution in [2.24, 2.45) is 5.92 Å². The lowest BCUT2D eigenvalue weighted by Crippen LogP contribution is -2.45. The number of imidazole rings is 1. The molecule has 0 radical (unpaired) electrons. The Kier molecular flexibility index (Phi) is 4.95. The van der Waals surface area contributed by atoms with E-state index in [1.165, 1.54) is 0 Å². The lowest BCUT2D eigenvalue weighted by Gasteiger charge is -2.37. The van der Waals surface area contributed by atoms with Crippen LogP contribution in [0.4, 0.5) is 5.95 Å². The summed E-state index contributed by atoms with van der Waals surface area (Å²) in [6.45, 7) is 5.93. The van der Waals surface area contributed by atoms with Crippen LogP contribution in [0, 0.1) is 5.92 Å². The van der Waals surface area contributed by atoms with Gasteiger partial charge in [-0.25, -0.2) is 4.98 Å². The van der Waals surface area contributed by atoms with Crippen molar-refractivity contribution in [2.45, 2.75) is 45.2 Å². The van der Waals surface area contributed by atoms with Crippen molar-refractivity contribution in [2.75, 3.05) is 11.9 Å². The van der Waals surface area contributed by atoms with Crippen molar-refractivity contribution in [1.29, 1.82) is 0 Å². The van der Waals surface area contributed by atoms with Crippen LogP contribution in [0.25, 0.3) is 11.0 Å². The molecule has 3 rings (SSSR count). The number of aliphatic hydroxyl groups excluding tert-OH is 2. The van der Waals surface area contributed by atoms with Gasteiger partial charge in [-0.2, -0.15) is 0 Å². The minimum atomic E-state index is -0.881. The molecule has 1 aromatic carbocycles. The molecule has 4 atom stereocenters. The van der Waals surface area contributed by atoms with Gasteiger partial charge in [0.25, 0.3) is 0 Å². The minimum Gasteiger partial charge on any atom is -0.390 e. The van der Waals surface area contributed by atoms with E-state index in [-0.39, 0.29) is 18.6 Å². The predicted octanol–water partition coefficient (Wildman–Crippen LogP) is 3.05. The van der Waals surface area contributed by atoms with Crippen molar-refractivity contribution in [3.8, 4) is 0 Å². The second kappa shape index (κ2) is 6.69. The summed E-state index contributed by atoms with van der Waals surface area (Å²) in [5, 5.41) is 24.6. The van der Waals surface area contributed by atoms with Gasteiger partial charge >= 0.3 is 0 Å². The molecular weight excluding hydrogens is 353 g/mol. The summed E-state index contributed by atoms with van der Waals surface area (Å²) in [6.07, 6.45) is -2.26. The topological polar surface area (TPSA) is 79.5 Å². The van der Waals surface area contributed by atoms with Gasteiger partial charge in [0.05, 0.1) is 33.8 Å². The molecule has 2 aromatic rings. The Morgan fingerprint density at radius 3 is 2.62 bits per heavy atom. The van der Waals surface area contributed by atoms with Gasteiger partial charge in [0, 0.05) is 12.0 Å². The van der Waals surface area contributed by atoms with E-state index in [2.05, 4.69) is 10.3 Å². The van der Waals surface area contributed by atoms with E-state index >= 15 is 0 Å². The molecule has 0 amide bonds. The first-order valence-corrected chi connectivity index (χ1v) is 8.66. The fraction of sp³-hybridized carbons (Fsp3) is 0.562. The first kappa shape index (κ1) is 17.8. The lowest BCUT2D eigenvalue weighted by molar-refractivity contribution is -0.181. The molecule has 8 heteroatoms. The van der Waals surface area contributed by atoms with Gasteiger partial charge in [-0.1, -0.05) is 30.1 Å². The number of halogens is 2. The van der Waals surface area contributed by atoms with Crippen LogP contribution >= 0.6 is 23.2 Å². The molecular formula is C16H21Cl2N3O3. The van der Waals surface area contributed by atoms with Gasteiger partial charge in [-0.15, -0.1) is 0 Å². The zero-order valence-corrected chi connectivity index (χ0v) is 15.2. The molecule has 6 nitrogen and oxygen atoms in total. The highest BCUT2D eigenvalue weighted by molar-refractivity contribution is 6.42. The van der Waals surface area contributed by atoms with Crippen LogP contribution in [0.1, 0.15) is 27.0 Å². The normalized spacial score (nSPS) is 27.8. The Hall–Kier alpha value is -1.05. The van der Waals surface area contributed by atoms with Crippen LogP contribution in [0.15, 0.2) is 12.1 Å². The van der Waals surface area contributed by atoms with Crippen LogP contribution in [0.5, 0.6) is 0 Å². The Morgan fingerprint density at radius 2 is 1.96 bits per heavy atom. The molecule has 2 heterocycles. The number of rotatable bonds is 3. The van der Waals surface area contributed by atoms with Crippen molar-refractivity contribution in [1.82, 2.24) is 9.55 Å². The number of aliphatic hydroxyl groups is 2. The smallest absolute Gasteiger partial charge is 0.206 e. The second-order valence-corrected chi connectivity index (χ2v) is 7.31. The van der Waals surface area contributed by atoms with E-state index < -0.39 is 18.4 Å². The highest BCUT2D eigenvalue weighted by Gasteiger charge is 2.38. The Morgan fingerprint density at radius 1 is 1.29 bits per heavy atom. The molecule has 132 valence electrons. The standard InChI is InChI=1S/C16H21Cl2N3O3/c1-7(2)19-16-20-11-4-9(17)10(18)5-12(11)21(16)15-14(23)8(3)13(22)6-24-15/h4-5,7-8,13-15,22-23H,6H2,1-3H3,(H,19,20)/t8-,13-,14+,15-/m1/s1. The fourth-order valence-electron chi connectivity index (χ4n) is 2.87. The maximum atomic E-state index is 10.6. The molecule has 3 N–H and O–H groups in total. The van der Waals surface area contributed by atoms with E-state index in [9.17, 15) is 10.2 Å². The van der Waals surface area contributed by atoms with Crippen molar-refractivity contribution in [3.05, 3.63) is 22.2 Å². The van der Waals surface area contributed by atoms with Crippen LogP contribution in [0.2, 0.25) is 10.0 Å². The fourth-order valence-corrected chi connectivity index (χ4v) is 3.19. The molecule has 1 saturated heterocycles. The quantitative estimate of drug-likeness (QED) is 0.770. The van der Waals surface area contributed by atoms with E-state index in [4.69, 9.17) is 27.9 Å². The van der Waals surface area contributed by atoms with E-state index in [1.54, 1.807) is 23.6 Å².